The number of halogens is 1. The summed E-state index contributed by atoms with van der Waals surface area (Å²) in [5.74, 6) is -1.56. The Morgan fingerprint density at radius 2 is 2.00 bits per heavy atom. The summed E-state index contributed by atoms with van der Waals surface area (Å²) in [5, 5.41) is 0. The van der Waals surface area contributed by atoms with Crippen molar-refractivity contribution >= 4 is 33.1 Å². The molecule has 0 atom stereocenters. The number of amides is 1. The Morgan fingerprint density at radius 1 is 1.39 bits per heavy atom. The number of benzene rings is 1. The van der Waals surface area contributed by atoms with Crippen LogP contribution in [0.5, 0.6) is 0 Å². The maximum Gasteiger partial charge on any atom is 0.241 e. The summed E-state index contributed by atoms with van der Waals surface area (Å²) >= 11 is 4.59. The smallest absolute Gasteiger partial charge is 0.241 e. The van der Waals surface area contributed by atoms with Gasteiger partial charge in [-0.1, -0.05) is 12.2 Å². The predicted octanol–water partition coefficient (Wildman–Crippen LogP) is -0.776. The minimum Gasteiger partial charge on any atom is -0.389 e. The van der Waals surface area contributed by atoms with Gasteiger partial charge in [-0.2, -0.15) is 0 Å². The quantitative estimate of drug-likeness (QED) is 0.616. The van der Waals surface area contributed by atoms with Crippen molar-refractivity contribution in [3.05, 3.63) is 29.6 Å². The molecule has 0 spiro atoms. The average Bonchev–Trinajstić information content (AvgIpc) is 2.26. The molecule has 0 aliphatic heterocycles. The summed E-state index contributed by atoms with van der Waals surface area (Å²) in [4.78, 5) is 9.98. The number of nitrogens with one attached hydrogen (secondary N) is 1. The van der Waals surface area contributed by atoms with Crippen LogP contribution in [0.15, 0.2) is 23.1 Å². The van der Waals surface area contributed by atoms with Crippen LogP contribution in [-0.4, -0.2) is 25.9 Å². The molecule has 1 aromatic rings. The van der Waals surface area contributed by atoms with Gasteiger partial charge in [-0.25, -0.2) is 17.5 Å². The van der Waals surface area contributed by atoms with E-state index < -0.39 is 28.3 Å². The van der Waals surface area contributed by atoms with Crippen LogP contribution in [-0.2, 0) is 14.8 Å². The highest BCUT2D eigenvalue weighted by atomic mass is 32.2. The lowest BCUT2D eigenvalue weighted by Gasteiger charge is -2.07. The molecule has 0 aromatic heterocycles. The molecule has 1 rings (SSSR count). The van der Waals surface area contributed by atoms with Gasteiger partial charge in [0.25, 0.3) is 0 Å². The Labute approximate surface area is 108 Å². The highest BCUT2D eigenvalue weighted by Gasteiger charge is 2.17. The molecule has 0 heterocycles. The first-order chi connectivity index (χ1) is 8.24. The van der Waals surface area contributed by atoms with Gasteiger partial charge in [-0.3, -0.25) is 4.79 Å². The van der Waals surface area contributed by atoms with Crippen molar-refractivity contribution in [2.75, 3.05) is 6.54 Å². The third-order valence-electron chi connectivity index (χ3n) is 1.95. The van der Waals surface area contributed by atoms with Gasteiger partial charge in [-0.05, 0) is 18.2 Å². The van der Waals surface area contributed by atoms with E-state index in [0.29, 0.717) is 0 Å². The molecule has 1 aromatic carbocycles. The van der Waals surface area contributed by atoms with Crippen LogP contribution in [0.1, 0.15) is 5.56 Å². The second-order valence-corrected chi connectivity index (χ2v) is 5.50. The zero-order chi connectivity index (χ0) is 13.9. The summed E-state index contributed by atoms with van der Waals surface area (Å²) in [7, 11) is -3.96. The van der Waals surface area contributed by atoms with E-state index in [9.17, 15) is 17.6 Å². The minimum absolute atomic E-state index is 0.188. The van der Waals surface area contributed by atoms with E-state index in [1.54, 1.807) is 0 Å². The monoisotopic (exact) mass is 291 g/mol. The van der Waals surface area contributed by atoms with E-state index in [2.05, 4.69) is 12.2 Å². The first-order valence-corrected chi connectivity index (χ1v) is 6.50. The molecule has 1 amide bonds. The number of nitrogens with two attached hydrogens (primary N) is 2. The average molecular weight is 291 g/mol. The maximum atomic E-state index is 13.3. The number of sulfonamides is 1. The minimum atomic E-state index is -3.96. The van der Waals surface area contributed by atoms with E-state index in [-0.39, 0.29) is 15.4 Å². The predicted molar refractivity (Wildman–Crippen MR) is 66.7 cm³/mol. The van der Waals surface area contributed by atoms with Gasteiger partial charge in [0.1, 0.15) is 10.8 Å². The molecule has 18 heavy (non-hydrogen) atoms. The number of hydrogen-bond acceptors (Lipinski definition) is 4. The van der Waals surface area contributed by atoms with E-state index in [1.165, 1.54) is 0 Å². The maximum absolute atomic E-state index is 13.3. The van der Waals surface area contributed by atoms with Crippen LogP contribution in [0, 0.1) is 5.82 Å². The number of carbonyl (C=O) groups is 1. The van der Waals surface area contributed by atoms with E-state index in [1.807, 2.05) is 4.72 Å². The van der Waals surface area contributed by atoms with Crippen LogP contribution >= 0.6 is 12.2 Å². The van der Waals surface area contributed by atoms with Crippen LogP contribution in [0.2, 0.25) is 0 Å². The van der Waals surface area contributed by atoms with E-state index in [0.717, 1.165) is 18.2 Å². The van der Waals surface area contributed by atoms with Gasteiger partial charge >= 0.3 is 0 Å². The van der Waals surface area contributed by atoms with Crippen LogP contribution in [0.4, 0.5) is 4.39 Å². The van der Waals surface area contributed by atoms with Crippen molar-refractivity contribution in [3.8, 4) is 0 Å². The Morgan fingerprint density at radius 3 is 2.50 bits per heavy atom. The molecule has 5 N–H and O–H groups in total. The molecule has 0 aliphatic rings. The second-order valence-electron chi connectivity index (χ2n) is 3.30. The van der Waals surface area contributed by atoms with Crippen LogP contribution in [0.3, 0.4) is 0 Å². The van der Waals surface area contributed by atoms with Crippen molar-refractivity contribution in [1.82, 2.24) is 4.72 Å². The fourth-order valence-corrected chi connectivity index (χ4v) is 2.29. The van der Waals surface area contributed by atoms with Gasteiger partial charge in [0, 0.05) is 5.56 Å². The van der Waals surface area contributed by atoms with Crippen molar-refractivity contribution in [1.29, 1.82) is 0 Å². The standard InChI is InChI=1S/C9H10FN3O3S2/c10-7-2-1-5(3-6(7)9(12)17)18(15,16)13-4-8(11)14/h1-3,13H,4H2,(H2,11,14)(H2,12,17). The molecule has 0 aliphatic carbocycles. The highest BCUT2D eigenvalue weighted by molar-refractivity contribution is 7.89. The van der Waals surface area contributed by atoms with Crippen molar-refractivity contribution in [3.63, 3.8) is 0 Å². The molecule has 0 fully saturated rings. The Kier molecular flexibility index (Phi) is 4.33. The molecule has 9 heteroatoms. The van der Waals surface area contributed by atoms with Gasteiger partial charge < -0.3 is 11.5 Å². The normalized spacial score (nSPS) is 11.2. The van der Waals surface area contributed by atoms with Crippen molar-refractivity contribution in [2.24, 2.45) is 11.5 Å². The largest absolute Gasteiger partial charge is 0.389 e. The molecule has 0 bridgehead atoms. The fraction of sp³-hybridized carbons (Fsp3) is 0.111. The Balaban J connectivity index is 3.14. The molecular weight excluding hydrogens is 281 g/mol. The number of primary amides is 1. The number of carbonyl (C=O) groups excluding carboxylic acids is 1. The summed E-state index contributed by atoms with van der Waals surface area (Å²) in [6, 6.07) is 2.94. The molecule has 98 valence electrons. The van der Waals surface area contributed by atoms with Gasteiger partial charge in [0.15, 0.2) is 0 Å². The van der Waals surface area contributed by atoms with E-state index in [4.69, 9.17) is 11.5 Å². The first kappa shape index (κ1) is 14.5. The topological polar surface area (TPSA) is 115 Å². The zero-order valence-corrected chi connectivity index (χ0v) is 10.6. The van der Waals surface area contributed by atoms with Gasteiger partial charge in [-0.15, -0.1) is 0 Å². The van der Waals surface area contributed by atoms with Crippen LogP contribution < -0.4 is 16.2 Å². The summed E-state index contributed by atoms with van der Waals surface area (Å²) in [5.41, 5.74) is 9.88. The highest BCUT2D eigenvalue weighted by Crippen LogP contribution is 2.14. The summed E-state index contributed by atoms with van der Waals surface area (Å²) < 4.78 is 38.6. The lowest BCUT2D eigenvalue weighted by Crippen LogP contribution is -2.33. The number of rotatable bonds is 5. The van der Waals surface area contributed by atoms with Crippen molar-refractivity contribution < 1.29 is 17.6 Å². The lowest BCUT2D eigenvalue weighted by molar-refractivity contribution is -0.116. The molecule has 0 radical (unpaired) electrons. The fourth-order valence-electron chi connectivity index (χ4n) is 1.11. The zero-order valence-electron chi connectivity index (χ0n) is 9.01. The molecular formula is C9H10FN3O3S2. The molecule has 0 saturated carbocycles. The second kappa shape index (κ2) is 5.38. The van der Waals surface area contributed by atoms with E-state index >= 15 is 0 Å². The van der Waals surface area contributed by atoms with Crippen LogP contribution in [0.25, 0.3) is 0 Å². The Hall–Kier alpha value is -1.58. The SMILES string of the molecule is NC(=O)CNS(=O)(=O)c1ccc(F)c(C(N)=S)c1. The third kappa shape index (κ3) is 3.45. The summed E-state index contributed by atoms with van der Waals surface area (Å²) in [6.07, 6.45) is 0. The first-order valence-electron chi connectivity index (χ1n) is 4.61. The number of thiocarbonyl (C=S) groups is 1. The molecule has 0 saturated heterocycles. The summed E-state index contributed by atoms with van der Waals surface area (Å²) in [6.45, 7) is -0.553. The van der Waals surface area contributed by atoms with Crippen molar-refractivity contribution in [2.45, 2.75) is 4.90 Å². The Bertz CT molecular complexity index is 601. The number of hydrogen-bond donors (Lipinski definition) is 3. The lowest BCUT2D eigenvalue weighted by atomic mass is 10.2. The van der Waals surface area contributed by atoms with Gasteiger partial charge in [0.2, 0.25) is 15.9 Å². The third-order valence-corrected chi connectivity index (χ3v) is 3.57. The van der Waals surface area contributed by atoms with Gasteiger partial charge in [0.05, 0.1) is 11.4 Å². The molecule has 0 unspecified atom stereocenters. The molecule has 6 nitrogen and oxygen atoms in total.